The smallest absolute Gasteiger partial charge is 0.242 e. The van der Waals surface area contributed by atoms with E-state index in [1.54, 1.807) is 37.3 Å². The van der Waals surface area contributed by atoms with Gasteiger partial charge >= 0.3 is 0 Å². The first kappa shape index (κ1) is 25.5. The minimum Gasteiger partial charge on any atom is -0.354 e. The number of carbonyl (C=O) groups excluding carboxylic acids is 2. The fourth-order valence-corrected chi connectivity index (χ4v) is 4.37. The summed E-state index contributed by atoms with van der Waals surface area (Å²) >= 11 is 13.5. The summed E-state index contributed by atoms with van der Waals surface area (Å²) in [4.78, 5) is 27.0. The van der Waals surface area contributed by atoms with Crippen LogP contribution in [0, 0.1) is 5.82 Å². The van der Waals surface area contributed by atoms with E-state index in [0.717, 1.165) is 18.4 Å². The summed E-state index contributed by atoms with van der Waals surface area (Å²) in [7, 11) is 0. The molecule has 2 amide bonds. The number of hydrogen-bond acceptors (Lipinski definition) is 3. The Hall–Kier alpha value is -1.76. The summed E-state index contributed by atoms with van der Waals surface area (Å²) < 4.78 is 14.2. The number of nitrogens with zero attached hydrogens (tertiary/aromatic N) is 1. The van der Waals surface area contributed by atoms with Gasteiger partial charge in [-0.2, -0.15) is 0 Å². The first-order valence-corrected chi connectivity index (χ1v) is 12.1. The summed E-state index contributed by atoms with van der Waals surface area (Å²) in [5.41, 5.74) is 1.24. The highest BCUT2D eigenvalue weighted by Gasteiger charge is 2.26. The number of hydrogen-bond donors (Lipinski definition) is 1. The van der Waals surface area contributed by atoms with Gasteiger partial charge in [0.05, 0.1) is 5.75 Å². The van der Waals surface area contributed by atoms with Gasteiger partial charge in [-0.15, -0.1) is 11.8 Å². The van der Waals surface area contributed by atoms with E-state index >= 15 is 0 Å². The van der Waals surface area contributed by atoms with Crippen LogP contribution in [0.2, 0.25) is 10.0 Å². The van der Waals surface area contributed by atoms with Crippen molar-refractivity contribution in [1.82, 2.24) is 10.2 Å². The number of benzene rings is 2. The summed E-state index contributed by atoms with van der Waals surface area (Å²) in [5.74, 6) is -0.230. The first-order chi connectivity index (χ1) is 14.8. The second-order valence-corrected chi connectivity index (χ2v) is 8.99. The lowest BCUT2D eigenvalue weighted by Crippen LogP contribution is -2.48. The standard InChI is InChI=1S/C23H27Cl2FN2O2S/c1-3-4-11-27-23(30)16(2)28(13-17-7-5-6-8-21(17)26)22(29)15-31-14-18-9-10-19(24)12-20(18)25/h5-10,12,16H,3-4,11,13-15H2,1-2H3,(H,27,30)/t16-/m0/s1. The Morgan fingerprint density at radius 2 is 1.90 bits per heavy atom. The zero-order chi connectivity index (χ0) is 22.8. The van der Waals surface area contributed by atoms with Crippen LogP contribution in [-0.4, -0.2) is 35.1 Å². The van der Waals surface area contributed by atoms with Crippen LogP contribution in [0.1, 0.15) is 37.8 Å². The van der Waals surface area contributed by atoms with Gasteiger partial charge in [0, 0.05) is 34.5 Å². The summed E-state index contributed by atoms with van der Waals surface area (Å²) in [6.45, 7) is 4.27. The molecule has 1 N–H and O–H groups in total. The molecule has 8 heteroatoms. The monoisotopic (exact) mass is 484 g/mol. The van der Waals surface area contributed by atoms with E-state index < -0.39 is 11.9 Å². The third-order valence-corrected chi connectivity index (χ3v) is 6.35. The van der Waals surface area contributed by atoms with E-state index in [9.17, 15) is 14.0 Å². The third-order valence-electron chi connectivity index (χ3n) is 4.79. The number of carbonyl (C=O) groups is 2. The van der Waals surface area contributed by atoms with Crippen molar-refractivity contribution in [3.8, 4) is 0 Å². The fourth-order valence-electron chi connectivity index (χ4n) is 2.90. The van der Waals surface area contributed by atoms with Crippen molar-refractivity contribution in [1.29, 1.82) is 0 Å². The molecular formula is C23H27Cl2FN2O2S. The molecule has 2 aromatic carbocycles. The lowest BCUT2D eigenvalue weighted by Gasteiger charge is -2.29. The number of halogens is 3. The van der Waals surface area contributed by atoms with Gasteiger partial charge in [0.2, 0.25) is 11.8 Å². The van der Waals surface area contributed by atoms with Crippen molar-refractivity contribution < 1.29 is 14.0 Å². The van der Waals surface area contributed by atoms with Gasteiger partial charge in [-0.1, -0.05) is 60.8 Å². The molecule has 0 aromatic heterocycles. The average molecular weight is 485 g/mol. The predicted octanol–water partition coefficient (Wildman–Crippen LogP) is 5.70. The normalized spacial score (nSPS) is 11.8. The fraction of sp³-hybridized carbons (Fsp3) is 0.391. The molecule has 4 nitrogen and oxygen atoms in total. The van der Waals surface area contributed by atoms with Crippen LogP contribution in [0.3, 0.4) is 0 Å². The van der Waals surface area contributed by atoms with Gasteiger partial charge in [-0.3, -0.25) is 9.59 Å². The zero-order valence-corrected chi connectivity index (χ0v) is 20.0. The maximum absolute atomic E-state index is 14.2. The molecule has 0 aliphatic rings. The highest BCUT2D eigenvalue weighted by molar-refractivity contribution is 7.99. The molecule has 1 atom stereocenters. The average Bonchev–Trinajstić information content (AvgIpc) is 2.74. The number of rotatable bonds is 11. The van der Waals surface area contributed by atoms with Gasteiger partial charge in [-0.25, -0.2) is 4.39 Å². The Morgan fingerprint density at radius 1 is 1.16 bits per heavy atom. The van der Waals surface area contributed by atoms with Crippen LogP contribution in [0.25, 0.3) is 0 Å². The van der Waals surface area contributed by atoms with Crippen molar-refractivity contribution in [3.63, 3.8) is 0 Å². The van der Waals surface area contributed by atoms with Crippen molar-refractivity contribution in [3.05, 3.63) is 69.5 Å². The maximum Gasteiger partial charge on any atom is 0.242 e. The SMILES string of the molecule is CCCCNC(=O)[C@H](C)N(Cc1ccccc1F)C(=O)CSCc1ccc(Cl)cc1Cl. The van der Waals surface area contributed by atoms with Crippen LogP contribution in [0.4, 0.5) is 4.39 Å². The second kappa shape index (κ2) is 12.9. The maximum atomic E-state index is 14.2. The topological polar surface area (TPSA) is 49.4 Å². The molecule has 168 valence electrons. The van der Waals surface area contributed by atoms with Crippen LogP contribution in [-0.2, 0) is 21.9 Å². The molecule has 0 aliphatic heterocycles. The Balaban J connectivity index is 2.07. The highest BCUT2D eigenvalue weighted by atomic mass is 35.5. The number of nitrogens with one attached hydrogen (secondary N) is 1. The number of unbranched alkanes of at least 4 members (excludes halogenated alkanes) is 1. The van der Waals surface area contributed by atoms with E-state index in [2.05, 4.69) is 5.32 Å². The van der Waals surface area contributed by atoms with Crippen molar-refractivity contribution in [2.45, 2.75) is 45.0 Å². The summed E-state index contributed by atoms with van der Waals surface area (Å²) in [5, 5.41) is 3.94. The molecular weight excluding hydrogens is 458 g/mol. The molecule has 31 heavy (non-hydrogen) atoms. The Labute approximate surface area is 197 Å². The number of thioether (sulfide) groups is 1. The van der Waals surface area contributed by atoms with Gasteiger partial charge in [0.25, 0.3) is 0 Å². The first-order valence-electron chi connectivity index (χ1n) is 10.2. The van der Waals surface area contributed by atoms with E-state index in [4.69, 9.17) is 23.2 Å². The molecule has 2 rings (SSSR count). The van der Waals surface area contributed by atoms with Crippen LogP contribution >= 0.6 is 35.0 Å². The minimum absolute atomic E-state index is 0.0239. The van der Waals surface area contributed by atoms with E-state index in [1.807, 2.05) is 13.0 Å². The van der Waals surface area contributed by atoms with Gasteiger partial charge in [0.15, 0.2) is 0 Å². The lowest BCUT2D eigenvalue weighted by molar-refractivity contribution is -0.138. The van der Waals surface area contributed by atoms with Gasteiger partial charge in [-0.05, 0) is 37.1 Å². The third kappa shape index (κ3) is 8.02. The van der Waals surface area contributed by atoms with E-state index in [-0.39, 0.29) is 24.1 Å². The molecule has 0 heterocycles. The molecule has 0 bridgehead atoms. The predicted molar refractivity (Wildman–Crippen MR) is 127 cm³/mol. The van der Waals surface area contributed by atoms with Gasteiger partial charge < -0.3 is 10.2 Å². The second-order valence-electron chi connectivity index (χ2n) is 7.16. The Morgan fingerprint density at radius 3 is 2.58 bits per heavy atom. The zero-order valence-electron chi connectivity index (χ0n) is 17.7. The molecule has 0 radical (unpaired) electrons. The molecule has 0 fully saturated rings. The summed E-state index contributed by atoms with van der Waals surface area (Å²) in [6, 6.07) is 10.8. The highest BCUT2D eigenvalue weighted by Crippen LogP contribution is 2.25. The quantitative estimate of drug-likeness (QED) is 0.416. The van der Waals surface area contributed by atoms with E-state index in [1.165, 1.54) is 22.7 Å². The van der Waals surface area contributed by atoms with Crippen molar-refractivity contribution >= 4 is 46.8 Å². The van der Waals surface area contributed by atoms with Crippen LogP contribution < -0.4 is 5.32 Å². The minimum atomic E-state index is -0.719. The van der Waals surface area contributed by atoms with Crippen LogP contribution in [0.5, 0.6) is 0 Å². The van der Waals surface area contributed by atoms with E-state index in [0.29, 0.717) is 27.9 Å². The van der Waals surface area contributed by atoms with Gasteiger partial charge in [0.1, 0.15) is 11.9 Å². The summed E-state index contributed by atoms with van der Waals surface area (Å²) in [6.07, 6.45) is 1.81. The Bertz CT molecular complexity index is 898. The lowest BCUT2D eigenvalue weighted by atomic mass is 10.1. The van der Waals surface area contributed by atoms with Crippen molar-refractivity contribution in [2.75, 3.05) is 12.3 Å². The van der Waals surface area contributed by atoms with Crippen molar-refractivity contribution in [2.24, 2.45) is 0 Å². The molecule has 0 saturated heterocycles. The van der Waals surface area contributed by atoms with Crippen LogP contribution in [0.15, 0.2) is 42.5 Å². The Kier molecular flexibility index (Phi) is 10.6. The molecule has 0 saturated carbocycles. The number of amides is 2. The largest absolute Gasteiger partial charge is 0.354 e. The molecule has 0 unspecified atom stereocenters. The molecule has 0 aliphatic carbocycles. The molecule has 0 spiro atoms. The molecule has 2 aromatic rings.